The predicted octanol–water partition coefficient (Wildman–Crippen LogP) is 4.30. The van der Waals surface area contributed by atoms with E-state index in [2.05, 4.69) is 36.4 Å². The Kier molecular flexibility index (Phi) is 7.51. The number of fused-ring (bicyclic) bond motifs is 1. The van der Waals surface area contributed by atoms with Gasteiger partial charge in [-0.2, -0.15) is 5.11 Å². The monoisotopic (exact) mass is 579 g/mol. The highest BCUT2D eigenvalue weighted by Crippen LogP contribution is 2.27. The van der Waals surface area contributed by atoms with Crippen LogP contribution in [0.15, 0.2) is 88.5 Å². The summed E-state index contributed by atoms with van der Waals surface area (Å²) in [6, 6.07) is 13.9. The minimum atomic E-state index is -0.515. The van der Waals surface area contributed by atoms with Gasteiger partial charge in [-0.05, 0) is 67.4 Å². The van der Waals surface area contributed by atoms with Crippen LogP contribution in [0.5, 0.6) is 0 Å². The van der Waals surface area contributed by atoms with Crippen molar-refractivity contribution < 1.29 is 9.18 Å². The summed E-state index contributed by atoms with van der Waals surface area (Å²) < 4.78 is 17.5. The number of hydrogen-bond acceptors (Lipinski definition) is 8. The van der Waals surface area contributed by atoms with Gasteiger partial charge >= 0.3 is 0 Å². The standard InChI is InChI=1S/C31H30FN9O2/c1-18-16-40(27-9-8-23(32)11-25(18)27)24-10-20(12-34-13-24)17-41-28(15-35-29(31(41)43)37-30(42)19(2)33-3)22-6-4-21(5-7-22)26-14-36-39-38-26/h4-13,15-16,19,26,33H,14,17H2,1-3H3,(H,36,38)(H,35,37,42)/t19-,26?/m0/s1. The Morgan fingerprint density at radius 1 is 1.14 bits per heavy atom. The molecule has 0 aliphatic carbocycles. The van der Waals surface area contributed by atoms with Gasteiger partial charge in [-0.15, -0.1) is 0 Å². The second kappa shape index (κ2) is 11.6. The van der Waals surface area contributed by atoms with Crippen LogP contribution in [0.2, 0.25) is 0 Å². The molecule has 218 valence electrons. The Bertz CT molecular complexity index is 1910. The van der Waals surface area contributed by atoms with E-state index in [1.165, 1.54) is 12.1 Å². The molecule has 0 saturated heterocycles. The first-order valence-electron chi connectivity index (χ1n) is 13.8. The van der Waals surface area contributed by atoms with Crippen molar-refractivity contribution in [3.8, 4) is 16.9 Å². The third-order valence-corrected chi connectivity index (χ3v) is 7.64. The Labute approximate surface area is 246 Å². The number of halogens is 1. The van der Waals surface area contributed by atoms with Gasteiger partial charge in [0.2, 0.25) is 5.91 Å². The third kappa shape index (κ3) is 5.52. The molecule has 3 N–H and O–H groups in total. The van der Waals surface area contributed by atoms with Gasteiger partial charge in [0.05, 0.1) is 54.5 Å². The maximum atomic E-state index is 13.9. The third-order valence-electron chi connectivity index (χ3n) is 7.64. The SMILES string of the molecule is CN[C@@H](C)C(=O)Nc1ncc(-c2ccc(C3CN=NN3)cc2)n(Cc2cncc(-n3cc(C)c4cc(F)ccc43)c2)c1=O. The minimum absolute atomic E-state index is 0.000155. The highest BCUT2D eigenvalue weighted by molar-refractivity contribution is 5.93. The minimum Gasteiger partial charge on any atom is -0.315 e. The van der Waals surface area contributed by atoms with Gasteiger partial charge in [-0.3, -0.25) is 24.6 Å². The fourth-order valence-corrected chi connectivity index (χ4v) is 5.11. The van der Waals surface area contributed by atoms with Crippen LogP contribution < -0.4 is 21.6 Å². The molecule has 6 rings (SSSR count). The van der Waals surface area contributed by atoms with Crippen LogP contribution in [0, 0.1) is 12.7 Å². The Balaban J connectivity index is 1.40. The maximum absolute atomic E-state index is 13.9. The summed E-state index contributed by atoms with van der Waals surface area (Å²) in [4.78, 5) is 35.2. The smallest absolute Gasteiger partial charge is 0.294 e. The van der Waals surface area contributed by atoms with Crippen LogP contribution in [0.4, 0.5) is 10.2 Å². The number of carbonyl (C=O) groups excluding carboxylic acids is 1. The van der Waals surface area contributed by atoms with Crippen LogP contribution in [-0.2, 0) is 11.3 Å². The van der Waals surface area contributed by atoms with Gasteiger partial charge in [-0.25, -0.2) is 9.37 Å². The summed E-state index contributed by atoms with van der Waals surface area (Å²) in [5, 5.41) is 14.2. The Morgan fingerprint density at radius 2 is 1.95 bits per heavy atom. The molecule has 1 unspecified atom stereocenters. The molecule has 1 aliphatic rings. The zero-order valence-corrected chi connectivity index (χ0v) is 23.9. The van der Waals surface area contributed by atoms with Crippen LogP contribution >= 0.6 is 0 Å². The fourth-order valence-electron chi connectivity index (χ4n) is 5.11. The number of rotatable bonds is 8. The van der Waals surface area contributed by atoms with Gasteiger partial charge in [0.1, 0.15) is 5.82 Å². The average Bonchev–Trinajstić information content (AvgIpc) is 3.67. The van der Waals surface area contributed by atoms with E-state index in [0.717, 1.165) is 38.8 Å². The van der Waals surface area contributed by atoms with E-state index in [9.17, 15) is 14.0 Å². The van der Waals surface area contributed by atoms with Crippen molar-refractivity contribution in [1.82, 2.24) is 29.8 Å². The number of nitrogens with one attached hydrogen (secondary N) is 3. The molecule has 2 aromatic carbocycles. The number of nitrogens with zero attached hydrogens (tertiary/aromatic N) is 6. The van der Waals surface area contributed by atoms with E-state index in [-0.39, 0.29) is 30.1 Å². The number of amides is 1. The topological polar surface area (TPSA) is 131 Å². The van der Waals surface area contributed by atoms with Crippen LogP contribution in [0.3, 0.4) is 0 Å². The second-order valence-electron chi connectivity index (χ2n) is 10.5. The molecule has 12 heteroatoms. The van der Waals surface area contributed by atoms with Crippen molar-refractivity contribution >= 4 is 22.6 Å². The van der Waals surface area contributed by atoms with Gasteiger partial charge in [0, 0.05) is 17.8 Å². The molecule has 0 bridgehead atoms. The van der Waals surface area contributed by atoms with Gasteiger partial charge in [0.25, 0.3) is 5.56 Å². The van der Waals surface area contributed by atoms with Crippen molar-refractivity contribution in [2.24, 2.45) is 10.3 Å². The first kappa shape index (κ1) is 27.9. The summed E-state index contributed by atoms with van der Waals surface area (Å²) >= 11 is 0. The Hall–Kier alpha value is -5.23. The number of carbonyl (C=O) groups is 1. The molecular formula is C31H30FN9O2. The summed E-state index contributed by atoms with van der Waals surface area (Å²) in [5.41, 5.74) is 8.21. The van der Waals surface area contributed by atoms with Crippen molar-refractivity contribution in [2.45, 2.75) is 32.5 Å². The van der Waals surface area contributed by atoms with Crippen LogP contribution in [0.1, 0.15) is 29.7 Å². The van der Waals surface area contributed by atoms with E-state index in [1.807, 2.05) is 48.0 Å². The van der Waals surface area contributed by atoms with E-state index in [4.69, 9.17) is 0 Å². The molecule has 11 nitrogen and oxygen atoms in total. The number of aryl methyl sites for hydroxylation is 1. The van der Waals surface area contributed by atoms with Crippen molar-refractivity contribution in [3.63, 3.8) is 0 Å². The lowest BCUT2D eigenvalue weighted by Gasteiger charge is -2.17. The largest absolute Gasteiger partial charge is 0.315 e. The highest BCUT2D eigenvalue weighted by atomic mass is 19.1. The second-order valence-corrected chi connectivity index (χ2v) is 10.5. The number of pyridine rings is 1. The number of anilines is 1. The normalized spacial score (nSPS) is 15.0. The quantitative estimate of drug-likeness (QED) is 0.251. The molecule has 0 fully saturated rings. The van der Waals surface area contributed by atoms with E-state index >= 15 is 0 Å². The molecule has 4 heterocycles. The first-order chi connectivity index (χ1) is 20.8. The van der Waals surface area contributed by atoms with E-state index in [1.54, 1.807) is 43.2 Å². The van der Waals surface area contributed by atoms with Crippen LogP contribution in [-0.4, -0.2) is 44.6 Å². The fraction of sp³-hybridized carbons (Fsp3) is 0.226. The maximum Gasteiger partial charge on any atom is 0.294 e. The molecule has 2 atom stereocenters. The number of likely N-dealkylation sites (N-methyl/N-ethyl adjacent to an activating group) is 1. The summed E-state index contributed by atoms with van der Waals surface area (Å²) in [6.45, 7) is 4.35. The van der Waals surface area contributed by atoms with Crippen molar-refractivity contribution in [3.05, 3.63) is 106 Å². The van der Waals surface area contributed by atoms with Gasteiger partial charge in [-0.1, -0.05) is 29.5 Å². The lowest BCUT2D eigenvalue weighted by Crippen LogP contribution is -2.38. The average molecular weight is 580 g/mol. The molecular weight excluding hydrogens is 549 g/mol. The van der Waals surface area contributed by atoms with Crippen molar-refractivity contribution in [1.29, 1.82) is 0 Å². The van der Waals surface area contributed by atoms with E-state index in [0.29, 0.717) is 12.2 Å². The molecule has 0 saturated carbocycles. The predicted molar refractivity (Wildman–Crippen MR) is 162 cm³/mol. The summed E-state index contributed by atoms with van der Waals surface area (Å²) in [5.74, 6) is -0.732. The zero-order chi connectivity index (χ0) is 30.1. The molecule has 3 aromatic heterocycles. The number of benzene rings is 2. The zero-order valence-electron chi connectivity index (χ0n) is 23.9. The van der Waals surface area contributed by atoms with E-state index < -0.39 is 11.6 Å². The Morgan fingerprint density at radius 3 is 2.70 bits per heavy atom. The number of aromatic nitrogens is 4. The van der Waals surface area contributed by atoms with Crippen molar-refractivity contribution in [2.75, 3.05) is 18.9 Å². The summed E-state index contributed by atoms with van der Waals surface area (Å²) in [7, 11) is 1.66. The molecule has 5 aromatic rings. The van der Waals surface area contributed by atoms with Gasteiger partial charge < -0.3 is 15.2 Å². The van der Waals surface area contributed by atoms with Crippen LogP contribution in [0.25, 0.3) is 27.8 Å². The molecule has 1 aliphatic heterocycles. The molecule has 43 heavy (non-hydrogen) atoms. The highest BCUT2D eigenvalue weighted by Gasteiger charge is 2.19. The molecule has 0 radical (unpaired) electrons. The lowest BCUT2D eigenvalue weighted by atomic mass is 10.0. The molecule has 0 spiro atoms. The number of hydrogen-bond donors (Lipinski definition) is 3. The first-order valence-corrected chi connectivity index (χ1v) is 13.8. The lowest BCUT2D eigenvalue weighted by molar-refractivity contribution is -0.117. The van der Waals surface area contributed by atoms with Gasteiger partial charge in [0.15, 0.2) is 5.82 Å². The molecule has 1 amide bonds. The summed E-state index contributed by atoms with van der Waals surface area (Å²) in [6.07, 6.45) is 6.94.